The maximum atomic E-state index is 11.8. The average molecular weight is 275 g/mol. The predicted molar refractivity (Wildman–Crippen MR) is 64.3 cm³/mol. The molecule has 0 aliphatic heterocycles. The molecule has 0 spiro atoms. The van der Waals surface area contributed by atoms with Crippen LogP contribution in [0.15, 0.2) is 17.3 Å². The van der Waals surface area contributed by atoms with E-state index in [2.05, 4.69) is 9.82 Å². The van der Waals surface area contributed by atoms with Crippen LogP contribution >= 0.6 is 0 Å². The smallest absolute Gasteiger partial charge is 0.305 e. The molecule has 18 heavy (non-hydrogen) atoms. The maximum absolute atomic E-state index is 11.8. The molecule has 0 bridgehead atoms. The lowest BCUT2D eigenvalue weighted by molar-refractivity contribution is -0.143. The van der Waals surface area contributed by atoms with E-state index in [-0.39, 0.29) is 24.0 Å². The van der Waals surface area contributed by atoms with Crippen LogP contribution in [-0.2, 0) is 26.6 Å². The van der Waals surface area contributed by atoms with Gasteiger partial charge >= 0.3 is 5.97 Å². The van der Waals surface area contributed by atoms with Crippen LogP contribution in [0.4, 0.5) is 0 Å². The molecule has 0 aliphatic rings. The summed E-state index contributed by atoms with van der Waals surface area (Å²) in [5, 5.41) is 3.88. The van der Waals surface area contributed by atoms with E-state index in [0.717, 1.165) is 0 Å². The van der Waals surface area contributed by atoms with Gasteiger partial charge in [-0.25, -0.2) is 13.1 Å². The van der Waals surface area contributed by atoms with Gasteiger partial charge in [0.15, 0.2) is 5.03 Å². The number of aryl methyl sites for hydroxylation is 1. The Morgan fingerprint density at radius 2 is 2.28 bits per heavy atom. The van der Waals surface area contributed by atoms with Gasteiger partial charge in [-0.2, -0.15) is 5.10 Å². The summed E-state index contributed by atoms with van der Waals surface area (Å²) >= 11 is 0. The molecule has 0 aliphatic carbocycles. The summed E-state index contributed by atoms with van der Waals surface area (Å²) in [4.78, 5) is 11.0. The molecule has 1 heterocycles. The predicted octanol–water partition coefficient (Wildman–Crippen LogP) is 0.0417. The van der Waals surface area contributed by atoms with E-state index >= 15 is 0 Å². The van der Waals surface area contributed by atoms with E-state index in [0.29, 0.717) is 13.0 Å². The fourth-order valence-corrected chi connectivity index (χ4v) is 2.57. The van der Waals surface area contributed by atoms with Crippen molar-refractivity contribution < 1.29 is 17.9 Å². The van der Waals surface area contributed by atoms with Crippen LogP contribution in [0.1, 0.15) is 19.8 Å². The fourth-order valence-electron chi connectivity index (χ4n) is 1.37. The summed E-state index contributed by atoms with van der Waals surface area (Å²) in [6, 6.07) is 1.41. The van der Waals surface area contributed by atoms with Gasteiger partial charge in [0, 0.05) is 20.0 Å². The maximum Gasteiger partial charge on any atom is 0.305 e. The third kappa shape index (κ3) is 4.11. The lowest BCUT2D eigenvalue weighted by Gasteiger charge is -2.06. The van der Waals surface area contributed by atoms with Crippen molar-refractivity contribution in [1.29, 1.82) is 0 Å². The van der Waals surface area contributed by atoms with Crippen molar-refractivity contribution in [2.45, 2.75) is 24.8 Å². The highest BCUT2D eigenvalue weighted by molar-refractivity contribution is 7.89. The lowest BCUT2D eigenvalue weighted by Crippen LogP contribution is -2.27. The molecule has 8 heteroatoms. The Hall–Kier alpha value is -1.41. The van der Waals surface area contributed by atoms with Crippen molar-refractivity contribution in [3.8, 4) is 0 Å². The van der Waals surface area contributed by atoms with Crippen molar-refractivity contribution in [1.82, 2.24) is 14.5 Å². The Bertz CT molecular complexity index is 495. The van der Waals surface area contributed by atoms with Crippen LogP contribution < -0.4 is 4.72 Å². The van der Waals surface area contributed by atoms with E-state index in [9.17, 15) is 13.2 Å². The van der Waals surface area contributed by atoms with E-state index < -0.39 is 10.0 Å². The lowest BCUT2D eigenvalue weighted by atomic mass is 10.3. The van der Waals surface area contributed by atoms with Crippen LogP contribution in [0.5, 0.6) is 0 Å². The normalized spacial score (nSPS) is 11.4. The molecule has 0 saturated carbocycles. The van der Waals surface area contributed by atoms with Crippen LogP contribution in [0.25, 0.3) is 0 Å². The first kappa shape index (κ1) is 14.7. The van der Waals surface area contributed by atoms with Gasteiger partial charge in [0.1, 0.15) is 0 Å². The molecule has 102 valence electrons. The zero-order valence-corrected chi connectivity index (χ0v) is 11.2. The van der Waals surface area contributed by atoms with Crippen molar-refractivity contribution in [2.24, 2.45) is 7.05 Å². The second-order valence-corrected chi connectivity index (χ2v) is 5.31. The number of rotatable bonds is 7. The van der Waals surface area contributed by atoms with Gasteiger partial charge in [-0.05, 0) is 19.4 Å². The van der Waals surface area contributed by atoms with Crippen molar-refractivity contribution in [3.05, 3.63) is 12.3 Å². The largest absolute Gasteiger partial charge is 0.466 e. The highest BCUT2D eigenvalue weighted by Crippen LogP contribution is 2.05. The molecule has 1 aromatic rings. The number of aromatic nitrogens is 2. The molecule has 7 nitrogen and oxygen atoms in total. The molecule has 0 fully saturated rings. The number of ether oxygens (including phenoxy) is 1. The summed E-state index contributed by atoms with van der Waals surface area (Å²) < 4.78 is 32.0. The van der Waals surface area contributed by atoms with E-state index in [1.54, 1.807) is 14.0 Å². The number of hydrogen-bond donors (Lipinski definition) is 1. The highest BCUT2D eigenvalue weighted by atomic mass is 32.2. The number of carbonyl (C=O) groups is 1. The van der Waals surface area contributed by atoms with Gasteiger partial charge in [-0.15, -0.1) is 0 Å². The monoisotopic (exact) mass is 275 g/mol. The number of esters is 1. The third-order valence-corrected chi connectivity index (χ3v) is 3.74. The molecule has 1 aromatic heterocycles. The van der Waals surface area contributed by atoms with E-state index in [1.165, 1.54) is 16.9 Å². The van der Waals surface area contributed by atoms with E-state index in [1.807, 2.05) is 0 Å². The molecule has 0 atom stereocenters. The zero-order chi connectivity index (χ0) is 13.6. The summed E-state index contributed by atoms with van der Waals surface area (Å²) in [7, 11) is -2.01. The molecule has 0 aromatic carbocycles. The molecular weight excluding hydrogens is 258 g/mol. The van der Waals surface area contributed by atoms with Gasteiger partial charge in [0.05, 0.1) is 12.8 Å². The molecule has 1 rings (SSSR count). The second-order valence-electron chi connectivity index (χ2n) is 3.60. The summed E-state index contributed by atoms with van der Waals surface area (Å²) in [5.41, 5.74) is 0. The number of nitrogens with one attached hydrogen (secondary N) is 1. The van der Waals surface area contributed by atoms with Crippen LogP contribution in [-0.4, -0.2) is 37.3 Å². The minimum absolute atomic E-state index is 0.0960. The Morgan fingerprint density at radius 1 is 1.56 bits per heavy atom. The average Bonchev–Trinajstić information content (AvgIpc) is 2.72. The number of hydrogen-bond acceptors (Lipinski definition) is 5. The molecular formula is C10H17N3O4S. The Morgan fingerprint density at radius 3 is 2.83 bits per heavy atom. The highest BCUT2D eigenvalue weighted by Gasteiger charge is 2.17. The van der Waals surface area contributed by atoms with Gasteiger partial charge < -0.3 is 4.74 Å². The van der Waals surface area contributed by atoms with Crippen LogP contribution in [0.2, 0.25) is 0 Å². The summed E-state index contributed by atoms with van der Waals surface area (Å²) in [6.07, 6.45) is 2.00. The first-order valence-corrected chi connectivity index (χ1v) is 7.09. The molecule has 0 radical (unpaired) electrons. The summed E-state index contributed by atoms with van der Waals surface area (Å²) in [5.74, 6) is -0.322. The van der Waals surface area contributed by atoms with Crippen LogP contribution in [0, 0.1) is 0 Å². The molecule has 1 N–H and O–H groups in total. The number of carbonyl (C=O) groups excluding carboxylic acids is 1. The molecule has 0 amide bonds. The Balaban J connectivity index is 2.40. The SMILES string of the molecule is CCOC(=O)CCCNS(=O)(=O)c1ccnn1C. The number of sulfonamides is 1. The van der Waals surface area contributed by atoms with Crippen molar-refractivity contribution in [2.75, 3.05) is 13.2 Å². The molecule has 0 unspecified atom stereocenters. The summed E-state index contributed by atoms with van der Waals surface area (Å²) in [6.45, 7) is 2.24. The second kappa shape index (κ2) is 6.50. The topological polar surface area (TPSA) is 90.3 Å². The van der Waals surface area contributed by atoms with Gasteiger partial charge in [0.25, 0.3) is 10.0 Å². The zero-order valence-electron chi connectivity index (χ0n) is 10.4. The van der Waals surface area contributed by atoms with Gasteiger partial charge in [-0.3, -0.25) is 9.48 Å². The van der Waals surface area contributed by atoms with Crippen LogP contribution in [0.3, 0.4) is 0 Å². The molecule has 0 saturated heterocycles. The number of nitrogens with zero attached hydrogens (tertiary/aromatic N) is 2. The van der Waals surface area contributed by atoms with Crippen molar-refractivity contribution in [3.63, 3.8) is 0 Å². The van der Waals surface area contributed by atoms with Gasteiger partial charge in [-0.1, -0.05) is 0 Å². The van der Waals surface area contributed by atoms with E-state index in [4.69, 9.17) is 4.74 Å². The quantitative estimate of drug-likeness (QED) is 0.560. The Kier molecular flexibility index (Phi) is 5.29. The first-order chi connectivity index (χ1) is 8.47. The Labute approximate surface area is 106 Å². The minimum Gasteiger partial charge on any atom is -0.466 e. The van der Waals surface area contributed by atoms with Gasteiger partial charge in [0.2, 0.25) is 0 Å². The minimum atomic E-state index is -3.56. The standard InChI is InChI=1S/C10H17N3O4S/c1-3-17-10(14)5-4-7-12-18(15,16)9-6-8-11-13(9)2/h6,8,12H,3-5,7H2,1-2H3. The first-order valence-electron chi connectivity index (χ1n) is 5.60. The fraction of sp³-hybridized carbons (Fsp3) is 0.600. The van der Waals surface area contributed by atoms with Crippen molar-refractivity contribution >= 4 is 16.0 Å². The third-order valence-electron chi connectivity index (χ3n) is 2.21.